The lowest BCUT2D eigenvalue weighted by atomic mass is 9.94. The van der Waals surface area contributed by atoms with Gasteiger partial charge in [-0.1, -0.05) is 42.5 Å². The van der Waals surface area contributed by atoms with Crippen LogP contribution in [0.4, 0.5) is 0 Å². The van der Waals surface area contributed by atoms with Gasteiger partial charge in [-0.05, 0) is 37.5 Å². The smallest absolute Gasteiger partial charge is 0.251 e. The second kappa shape index (κ2) is 7.20. The molecule has 22 heavy (non-hydrogen) atoms. The maximum Gasteiger partial charge on any atom is 0.251 e. The average Bonchev–Trinajstić information content (AvgIpc) is 2.99. The van der Waals surface area contributed by atoms with Gasteiger partial charge in [0.1, 0.15) is 0 Å². The molecule has 1 saturated carbocycles. The first-order valence-corrected chi connectivity index (χ1v) is 8.89. The Morgan fingerprint density at radius 1 is 1.09 bits per heavy atom. The molecule has 2 aliphatic rings. The number of carbonyl (C=O) groups excluding carboxylic acids is 1. The molecule has 1 atom stereocenters. The number of nitrogens with zero attached hydrogens (tertiary/aromatic N) is 1. The van der Waals surface area contributed by atoms with Crippen molar-refractivity contribution >= 4 is 29.1 Å². The minimum Gasteiger partial charge on any atom is -0.348 e. The molecule has 5 heteroatoms. The van der Waals surface area contributed by atoms with Crippen molar-refractivity contribution in [3.63, 3.8) is 0 Å². The quantitative estimate of drug-likeness (QED) is 0.897. The molecule has 1 aliphatic heterocycles. The summed E-state index contributed by atoms with van der Waals surface area (Å²) in [6.07, 6.45) is 7.73. The summed E-state index contributed by atoms with van der Waals surface area (Å²) < 4.78 is 0. The highest BCUT2D eigenvalue weighted by atomic mass is 35.5. The van der Waals surface area contributed by atoms with Gasteiger partial charge >= 0.3 is 0 Å². The third kappa shape index (κ3) is 3.76. The van der Waals surface area contributed by atoms with Crippen molar-refractivity contribution in [2.24, 2.45) is 0 Å². The first-order chi connectivity index (χ1) is 10.6. The van der Waals surface area contributed by atoms with E-state index in [0.29, 0.717) is 15.6 Å². The molecule has 1 amide bonds. The van der Waals surface area contributed by atoms with E-state index in [1.165, 1.54) is 32.1 Å². The van der Waals surface area contributed by atoms with Gasteiger partial charge in [-0.25, -0.2) is 0 Å². The van der Waals surface area contributed by atoms with Crippen molar-refractivity contribution in [3.05, 3.63) is 33.8 Å². The van der Waals surface area contributed by atoms with Crippen LogP contribution in [0.1, 0.15) is 48.9 Å². The van der Waals surface area contributed by atoms with Crippen LogP contribution in [-0.2, 0) is 0 Å². The molecule has 3 nitrogen and oxygen atoms in total. The lowest BCUT2D eigenvalue weighted by Gasteiger charge is -2.31. The van der Waals surface area contributed by atoms with Gasteiger partial charge in [-0.3, -0.25) is 9.69 Å². The summed E-state index contributed by atoms with van der Waals surface area (Å²) >= 11 is 11.9. The summed E-state index contributed by atoms with van der Waals surface area (Å²) in [6.45, 7) is 2.06. The number of rotatable bonds is 3. The van der Waals surface area contributed by atoms with Crippen molar-refractivity contribution in [2.45, 2.75) is 50.6 Å². The fourth-order valence-corrected chi connectivity index (χ4v) is 3.89. The van der Waals surface area contributed by atoms with Crippen LogP contribution in [0.2, 0.25) is 10.0 Å². The van der Waals surface area contributed by atoms with Crippen LogP contribution in [0.3, 0.4) is 0 Å². The molecule has 0 aromatic heterocycles. The van der Waals surface area contributed by atoms with Crippen molar-refractivity contribution in [1.82, 2.24) is 10.2 Å². The molecule has 1 aromatic carbocycles. The van der Waals surface area contributed by atoms with E-state index in [9.17, 15) is 4.79 Å². The Hall–Kier alpha value is -0.770. The second-order valence-electron chi connectivity index (χ2n) is 6.37. The predicted molar refractivity (Wildman–Crippen MR) is 90.8 cm³/mol. The van der Waals surface area contributed by atoms with Crippen LogP contribution < -0.4 is 5.32 Å². The second-order valence-corrected chi connectivity index (χ2v) is 7.19. The van der Waals surface area contributed by atoms with Crippen LogP contribution >= 0.6 is 23.2 Å². The third-order valence-electron chi connectivity index (χ3n) is 4.83. The molecule has 2 fully saturated rings. The van der Waals surface area contributed by atoms with Crippen molar-refractivity contribution in [3.8, 4) is 0 Å². The molecule has 1 saturated heterocycles. The van der Waals surface area contributed by atoms with Gasteiger partial charge in [0.15, 0.2) is 0 Å². The van der Waals surface area contributed by atoms with Gasteiger partial charge in [-0.15, -0.1) is 0 Å². The number of amides is 1. The Bertz CT molecular complexity index is 543. The van der Waals surface area contributed by atoms with Gasteiger partial charge < -0.3 is 5.32 Å². The Morgan fingerprint density at radius 2 is 1.86 bits per heavy atom. The fraction of sp³-hybridized carbons (Fsp3) is 0.588. The molecule has 1 unspecified atom stereocenters. The number of hydrogen-bond acceptors (Lipinski definition) is 2. The van der Waals surface area contributed by atoms with Gasteiger partial charge in [0, 0.05) is 30.7 Å². The van der Waals surface area contributed by atoms with E-state index in [-0.39, 0.29) is 11.9 Å². The zero-order valence-corrected chi connectivity index (χ0v) is 14.2. The summed E-state index contributed by atoms with van der Waals surface area (Å²) in [4.78, 5) is 14.9. The maximum absolute atomic E-state index is 12.3. The molecule has 0 bridgehead atoms. The molecular formula is C17H22Cl2N2O. The molecular weight excluding hydrogens is 319 g/mol. The Labute approximate surface area is 142 Å². The van der Waals surface area contributed by atoms with Crippen LogP contribution in [-0.4, -0.2) is 36.0 Å². The van der Waals surface area contributed by atoms with Gasteiger partial charge in [-0.2, -0.15) is 0 Å². The third-order valence-corrected chi connectivity index (χ3v) is 5.57. The monoisotopic (exact) mass is 340 g/mol. The first-order valence-electron chi connectivity index (χ1n) is 8.13. The highest BCUT2D eigenvalue weighted by Gasteiger charge is 2.29. The molecule has 0 radical (unpaired) electrons. The van der Waals surface area contributed by atoms with Crippen molar-refractivity contribution in [2.75, 3.05) is 13.1 Å². The number of hydrogen-bond donors (Lipinski definition) is 1. The summed E-state index contributed by atoms with van der Waals surface area (Å²) in [5.41, 5.74) is 0.575. The van der Waals surface area contributed by atoms with Crippen molar-refractivity contribution in [1.29, 1.82) is 0 Å². The summed E-state index contributed by atoms with van der Waals surface area (Å²) in [7, 11) is 0. The van der Waals surface area contributed by atoms with Crippen molar-refractivity contribution < 1.29 is 4.79 Å². The van der Waals surface area contributed by atoms with Gasteiger partial charge in [0.2, 0.25) is 0 Å². The Kier molecular flexibility index (Phi) is 5.27. The SMILES string of the molecule is O=C(NC1CCN(C2CCCCC2)C1)c1ccc(Cl)c(Cl)c1. The van der Waals surface area contributed by atoms with Gasteiger partial charge in [0.25, 0.3) is 5.91 Å². The van der Waals surface area contributed by atoms with E-state index in [4.69, 9.17) is 23.2 Å². The van der Waals surface area contributed by atoms with Crippen LogP contribution in [0.15, 0.2) is 18.2 Å². The van der Waals surface area contributed by atoms with Crippen LogP contribution in [0.5, 0.6) is 0 Å². The number of benzene rings is 1. The molecule has 120 valence electrons. The number of halogens is 2. The normalized spacial score (nSPS) is 23.6. The topological polar surface area (TPSA) is 32.3 Å². The zero-order chi connectivity index (χ0) is 15.5. The number of likely N-dealkylation sites (tertiary alicyclic amines) is 1. The number of nitrogens with one attached hydrogen (secondary N) is 1. The minimum atomic E-state index is -0.0611. The zero-order valence-electron chi connectivity index (χ0n) is 12.7. The summed E-state index contributed by atoms with van der Waals surface area (Å²) in [6, 6.07) is 5.98. The maximum atomic E-state index is 12.3. The van der Waals surface area contributed by atoms with Gasteiger partial charge in [0.05, 0.1) is 10.0 Å². The highest BCUT2D eigenvalue weighted by molar-refractivity contribution is 6.42. The standard InChI is InChI=1S/C17H22Cl2N2O/c18-15-7-6-12(10-16(15)19)17(22)20-13-8-9-21(11-13)14-4-2-1-3-5-14/h6-7,10,13-14H,1-5,8-9,11H2,(H,20,22). The van der Waals surface area contributed by atoms with Crippen LogP contribution in [0, 0.1) is 0 Å². The minimum absolute atomic E-state index is 0.0611. The first kappa shape index (κ1) is 16.1. The molecule has 1 heterocycles. The predicted octanol–water partition coefficient (Wildman–Crippen LogP) is 4.13. The van der Waals surface area contributed by atoms with E-state index in [2.05, 4.69) is 10.2 Å². The Balaban J connectivity index is 1.55. The largest absolute Gasteiger partial charge is 0.348 e. The van der Waals surface area contributed by atoms with E-state index in [1.54, 1.807) is 18.2 Å². The molecule has 3 rings (SSSR count). The summed E-state index contributed by atoms with van der Waals surface area (Å²) in [5.74, 6) is -0.0611. The molecule has 1 aliphatic carbocycles. The molecule has 1 N–H and O–H groups in total. The summed E-state index contributed by atoms with van der Waals surface area (Å²) in [5, 5.41) is 4.02. The van der Waals surface area contributed by atoms with E-state index < -0.39 is 0 Å². The van der Waals surface area contributed by atoms with E-state index in [0.717, 1.165) is 25.6 Å². The average molecular weight is 341 g/mol. The van der Waals surface area contributed by atoms with E-state index in [1.807, 2.05) is 0 Å². The highest BCUT2D eigenvalue weighted by Crippen LogP contribution is 2.26. The Morgan fingerprint density at radius 3 is 2.59 bits per heavy atom. The number of carbonyl (C=O) groups is 1. The lowest BCUT2D eigenvalue weighted by molar-refractivity contribution is 0.0934. The fourth-order valence-electron chi connectivity index (χ4n) is 3.59. The molecule has 0 spiro atoms. The van der Waals surface area contributed by atoms with E-state index >= 15 is 0 Å². The lowest BCUT2D eigenvalue weighted by Crippen LogP contribution is -2.40. The van der Waals surface area contributed by atoms with Crippen LogP contribution in [0.25, 0.3) is 0 Å². The molecule has 1 aromatic rings.